The first-order valence-corrected chi connectivity index (χ1v) is 6.00. The average molecular weight is 250 g/mol. The first-order valence-electron chi connectivity index (χ1n) is 6.00. The Labute approximate surface area is 109 Å². The summed E-state index contributed by atoms with van der Waals surface area (Å²) in [5.74, 6) is -1.16. The highest BCUT2D eigenvalue weighted by atomic mass is 16.6. The van der Waals surface area contributed by atoms with Crippen molar-refractivity contribution >= 4 is 11.9 Å². The Hall–Kier alpha value is -1.64. The number of carbonyl (C=O) groups is 2. The Morgan fingerprint density at radius 2 is 1.78 bits per heavy atom. The second-order valence-corrected chi connectivity index (χ2v) is 4.74. The van der Waals surface area contributed by atoms with Crippen LogP contribution in [0, 0.1) is 0 Å². The van der Waals surface area contributed by atoms with Gasteiger partial charge in [0.05, 0.1) is 6.42 Å². The Balaban J connectivity index is 4.15. The van der Waals surface area contributed by atoms with E-state index >= 15 is 0 Å². The minimum atomic E-state index is -0.601. The molecule has 0 aromatic carbocycles. The van der Waals surface area contributed by atoms with Crippen molar-refractivity contribution in [1.29, 1.82) is 0 Å². The van der Waals surface area contributed by atoms with Gasteiger partial charge in [0, 0.05) is 6.08 Å². The van der Waals surface area contributed by atoms with Gasteiger partial charge in [0.1, 0.15) is 0 Å². The van der Waals surface area contributed by atoms with Crippen LogP contribution >= 0.6 is 0 Å². The molecule has 0 heterocycles. The number of ether oxygens (including phenoxy) is 1. The van der Waals surface area contributed by atoms with Gasteiger partial charge < -0.3 is 4.74 Å². The SMILES string of the molecule is C=C(C)CC(=O)OC(=O)/C=C(\C)CCC=C(C)C. The van der Waals surface area contributed by atoms with Crippen molar-refractivity contribution in [3.63, 3.8) is 0 Å². The number of hydrogen-bond donors (Lipinski definition) is 0. The van der Waals surface area contributed by atoms with Gasteiger partial charge in [-0.1, -0.05) is 29.4 Å². The van der Waals surface area contributed by atoms with Gasteiger partial charge in [-0.25, -0.2) is 4.79 Å². The van der Waals surface area contributed by atoms with E-state index in [0.717, 1.165) is 18.4 Å². The fraction of sp³-hybridized carbons (Fsp3) is 0.467. The second kappa shape index (κ2) is 8.45. The quantitative estimate of drug-likeness (QED) is 0.312. The smallest absolute Gasteiger partial charge is 0.338 e. The second-order valence-electron chi connectivity index (χ2n) is 4.74. The molecule has 0 unspecified atom stereocenters. The van der Waals surface area contributed by atoms with Crippen LogP contribution in [0.1, 0.15) is 47.0 Å². The molecule has 0 aliphatic rings. The zero-order valence-electron chi connectivity index (χ0n) is 11.7. The summed E-state index contributed by atoms with van der Waals surface area (Å²) < 4.78 is 4.63. The first kappa shape index (κ1) is 16.4. The standard InChI is InChI=1S/C15H22O3/c1-11(2)7-6-8-13(5)10-15(17)18-14(16)9-12(3)4/h7,10H,3,6,8-9H2,1-2,4-5H3/b13-10+. The van der Waals surface area contributed by atoms with Gasteiger partial charge in [-0.05, 0) is 40.5 Å². The van der Waals surface area contributed by atoms with Crippen molar-refractivity contribution in [3.05, 3.63) is 35.5 Å². The summed E-state index contributed by atoms with van der Waals surface area (Å²) in [6, 6.07) is 0. The molecule has 0 saturated carbocycles. The van der Waals surface area contributed by atoms with Gasteiger partial charge in [-0.15, -0.1) is 0 Å². The van der Waals surface area contributed by atoms with Crippen LogP contribution in [0.5, 0.6) is 0 Å². The van der Waals surface area contributed by atoms with Crippen molar-refractivity contribution in [2.24, 2.45) is 0 Å². The highest BCUT2D eigenvalue weighted by Crippen LogP contribution is 2.07. The molecule has 18 heavy (non-hydrogen) atoms. The van der Waals surface area contributed by atoms with Crippen molar-refractivity contribution in [2.45, 2.75) is 47.0 Å². The molecule has 0 rings (SSSR count). The molecule has 0 aromatic heterocycles. The van der Waals surface area contributed by atoms with Gasteiger partial charge in [-0.2, -0.15) is 0 Å². The molecular weight excluding hydrogens is 228 g/mol. The highest BCUT2D eigenvalue weighted by Gasteiger charge is 2.08. The molecule has 0 saturated heterocycles. The van der Waals surface area contributed by atoms with Crippen LogP contribution in [0.4, 0.5) is 0 Å². The van der Waals surface area contributed by atoms with Crippen LogP contribution in [-0.4, -0.2) is 11.9 Å². The molecule has 0 aliphatic carbocycles. The molecule has 100 valence electrons. The summed E-state index contributed by atoms with van der Waals surface area (Å²) in [5, 5.41) is 0. The molecule has 0 bridgehead atoms. The van der Waals surface area contributed by atoms with Crippen LogP contribution < -0.4 is 0 Å². The normalized spacial score (nSPS) is 10.8. The number of rotatable bonds is 6. The van der Waals surface area contributed by atoms with E-state index in [1.54, 1.807) is 6.92 Å². The van der Waals surface area contributed by atoms with Crippen LogP contribution in [0.2, 0.25) is 0 Å². The topological polar surface area (TPSA) is 43.4 Å². The molecule has 0 spiro atoms. The average Bonchev–Trinajstić information content (AvgIpc) is 2.14. The lowest BCUT2D eigenvalue weighted by Crippen LogP contribution is -2.10. The third-order valence-electron chi connectivity index (χ3n) is 2.12. The first-order chi connectivity index (χ1) is 8.31. The maximum Gasteiger partial charge on any atom is 0.338 e. The van der Waals surface area contributed by atoms with Crippen LogP contribution in [0.3, 0.4) is 0 Å². The maximum absolute atomic E-state index is 11.4. The molecule has 0 N–H and O–H groups in total. The summed E-state index contributed by atoms with van der Waals surface area (Å²) in [7, 11) is 0. The summed E-state index contributed by atoms with van der Waals surface area (Å²) in [6.07, 6.45) is 5.23. The number of allylic oxidation sites excluding steroid dienone is 3. The Morgan fingerprint density at radius 1 is 1.17 bits per heavy atom. The molecule has 3 nitrogen and oxygen atoms in total. The van der Waals surface area contributed by atoms with Gasteiger partial charge >= 0.3 is 11.9 Å². The van der Waals surface area contributed by atoms with Crippen molar-refractivity contribution in [1.82, 2.24) is 0 Å². The van der Waals surface area contributed by atoms with E-state index in [-0.39, 0.29) is 6.42 Å². The van der Waals surface area contributed by atoms with Crippen molar-refractivity contribution in [3.8, 4) is 0 Å². The summed E-state index contributed by atoms with van der Waals surface area (Å²) in [4.78, 5) is 22.6. The number of esters is 2. The summed E-state index contributed by atoms with van der Waals surface area (Å²) in [5.41, 5.74) is 2.83. The monoisotopic (exact) mass is 250 g/mol. The minimum absolute atomic E-state index is 0.0798. The minimum Gasteiger partial charge on any atom is -0.390 e. The van der Waals surface area contributed by atoms with E-state index in [2.05, 4.69) is 17.4 Å². The molecule has 0 fully saturated rings. The predicted molar refractivity (Wildman–Crippen MR) is 73.0 cm³/mol. The highest BCUT2D eigenvalue weighted by molar-refractivity contribution is 5.93. The number of carbonyl (C=O) groups excluding carboxylic acids is 2. The fourth-order valence-corrected chi connectivity index (χ4v) is 1.29. The molecule has 0 aromatic rings. The van der Waals surface area contributed by atoms with Crippen LogP contribution in [0.25, 0.3) is 0 Å². The van der Waals surface area contributed by atoms with Gasteiger partial charge in [0.15, 0.2) is 0 Å². The summed E-state index contributed by atoms with van der Waals surface area (Å²) in [6.45, 7) is 11.2. The Morgan fingerprint density at radius 3 is 2.28 bits per heavy atom. The van der Waals surface area contributed by atoms with Crippen LogP contribution in [-0.2, 0) is 14.3 Å². The van der Waals surface area contributed by atoms with Crippen molar-refractivity contribution < 1.29 is 14.3 Å². The molecule has 0 amide bonds. The van der Waals surface area contributed by atoms with Gasteiger partial charge in [0.2, 0.25) is 0 Å². The Bertz CT molecular complexity index is 383. The van der Waals surface area contributed by atoms with Gasteiger partial charge in [-0.3, -0.25) is 4.79 Å². The van der Waals surface area contributed by atoms with E-state index in [1.807, 2.05) is 20.8 Å². The molecule has 0 radical (unpaired) electrons. The largest absolute Gasteiger partial charge is 0.390 e. The third kappa shape index (κ3) is 9.58. The molecule has 3 heteroatoms. The lowest BCUT2D eigenvalue weighted by atomic mass is 10.1. The zero-order chi connectivity index (χ0) is 14.1. The molecular formula is C15H22O3. The van der Waals surface area contributed by atoms with Crippen molar-refractivity contribution in [2.75, 3.05) is 0 Å². The lowest BCUT2D eigenvalue weighted by molar-refractivity contribution is -0.155. The Kier molecular flexibility index (Phi) is 7.68. The molecule has 0 aliphatic heterocycles. The van der Waals surface area contributed by atoms with E-state index in [4.69, 9.17) is 0 Å². The predicted octanol–water partition coefficient (Wildman–Crippen LogP) is 3.72. The number of hydrogen-bond acceptors (Lipinski definition) is 3. The van der Waals surface area contributed by atoms with E-state index in [0.29, 0.717) is 5.57 Å². The third-order valence-corrected chi connectivity index (χ3v) is 2.12. The fourth-order valence-electron chi connectivity index (χ4n) is 1.29. The maximum atomic E-state index is 11.4. The zero-order valence-corrected chi connectivity index (χ0v) is 11.7. The summed E-state index contributed by atoms with van der Waals surface area (Å²) >= 11 is 0. The van der Waals surface area contributed by atoms with Crippen LogP contribution in [0.15, 0.2) is 35.5 Å². The molecule has 0 atom stereocenters. The van der Waals surface area contributed by atoms with Gasteiger partial charge in [0.25, 0.3) is 0 Å². The van der Waals surface area contributed by atoms with E-state index < -0.39 is 11.9 Å². The van der Waals surface area contributed by atoms with E-state index in [9.17, 15) is 9.59 Å². The van der Waals surface area contributed by atoms with E-state index in [1.165, 1.54) is 11.6 Å². The lowest BCUT2D eigenvalue weighted by Gasteiger charge is -2.01.